The number of carbonyl (C=O) groups excluding carboxylic acids is 3. The third-order valence-electron chi connectivity index (χ3n) is 2.82. The van der Waals surface area contributed by atoms with E-state index < -0.39 is 30.2 Å². The van der Waals surface area contributed by atoms with E-state index in [0.29, 0.717) is 0 Å². The first-order valence-corrected chi connectivity index (χ1v) is 6.65. The normalized spacial score (nSPS) is 10.0. The number of halogens is 2. The van der Waals surface area contributed by atoms with Gasteiger partial charge in [-0.25, -0.2) is 4.39 Å². The van der Waals surface area contributed by atoms with E-state index in [1.807, 2.05) is 0 Å². The van der Waals surface area contributed by atoms with Gasteiger partial charge in [0.1, 0.15) is 12.4 Å². The molecule has 0 N–H and O–H groups in total. The fraction of sp³-hybridized carbons (Fsp3) is 0.357. The molecular formula is C14H15ClFNO5. The molecule has 22 heavy (non-hydrogen) atoms. The van der Waals surface area contributed by atoms with Crippen molar-refractivity contribution < 1.29 is 28.2 Å². The van der Waals surface area contributed by atoms with Crippen molar-refractivity contribution in [3.63, 3.8) is 0 Å². The van der Waals surface area contributed by atoms with E-state index in [9.17, 15) is 18.8 Å². The average Bonchev–Trinajstić information content (AvgIpc) is 2.50. The number of rotatable bonds is 6. The van der Waals surface area contributed by atoms with Gasteiger partial charge in [0.15, 0.2) is 0 Å². The molecule has 0 saturated carbocycles. The molecule has 0 aliphatic rings. The Kier molecular flexibility index (Phi) is 6.78. The van der Waals surface area contributed by atoms with Crippen LogP contribution in [0.15, 0.2) is 18.2 Å². The third kappa shape index (κ3) is 4.70. The lowest BCUT2D eigenvalue weighted by molar-refractivity contribution is -0.143. The van der Waals surface area contributed by atoms with Crippen LogP contribution in [0, 0.1) is 5.82 Å². The van der Waals surface area contributed by atoms with E-state index in [4.69, 9.17) is 11.6 Å². The molecule has 0 aliphatic heterocycles. The van der Waals surface area contributed by atoms with Crippen LogP contribution in [0.1, 0.15) is 16.8 Å². The van der Waals surface area contributed by atoms with Crippen LogP contribution >= 0.6 is 11.6 Å². The Bertz CT molecular complexity index is 558. The molecule has 8 heteroatoms. The Morgan fingerprint density at radius 2 is 1.82 bits per heavy atom. The summed E-state index contributed by atoms with van der Waals surface area (Å²) in [6.07, 6.45) is -0.148. The quantitative estimate of drug-likeness (QED) is 0.741. The summed E-state index contributed by atoms with van der Waals surface area (Å²) in [5.41, 5.74) is -0.363. The van der Waals surface area contributed by atoms with Crippen LogP contribution in [0.25, 0.3) is 0 Å². The maximum Gasteiger partial charge on any atom is 0.325 e. The number of benzene rings is 1. The van der Waals surface area contributed by atoms with Crippen LogP contribution < -0.4 is 0 Å². The Morgan fingerprint density at radius 1 is 1.18 bits per heavy atom. The molecule has 0 atom stereocenters. The second-order valence-corrected chi connectivity index (χ2v) is 4.63. The molecule has 1 amide bonds. The minimum atomic E-state index is -0.814. The second kappa shape index (κ2) is 8.33. The first-order chi connectivity index (χ1) is 10.4. The first-order valence-electron chi connectivity index (χ1n) is 6.27. The summed E-state index contributed by atoms with van der Waals surface area (Å²) in [6.45, 7) is -0.567. The van der Waals surface area contributed by atoms with Crippen molar-refractivity contribution in [2.24, 2.45) is 0 Å². The summed E-state index contributed by atoms with van der Waals surface area (Å²) < 4.78 is 22.8. The average molecular weight is 332 g/mol. The van der Waals surface area contributed by atoms with Gasteiger partial charge < -0.3 is 14.4 Å². The van der Waals surface area contributed by atoms with Crippen LogP contribution in [-0.2, 0) is 19.1 Å². The molecule has 1 aromatic carbocycles. The van der Waals surface area contributed by atoms with Crippen LogP contribution in [0.5, 0.6) is 0 Å². The lowest BCUT2D eigenvalue weighted by atomic mass is 10.1. The van der Waals surface area contributed by atoms with Gasteiger partial charge in [0, 0.05) is 6.54 Å². The number of nitrogens with zero attached hydrogens (tertiary/aromatic N) is 1. The Hall–Kier alpha value is -2.15. The lowest BCUT2D eigenvalue weighted by Crippen LogP contribution is -2.38. The number of hydrogen-bond donors (Lipinski definition) is 0. The Labute approximate surface area is 131 Å². The third-order valence-corrected chi connectivity index (χ3v) is 3.14. The highest BCUT2D eigenvalue weighted by molar-refractivity contribution is 6.33. The summed E-state index contributed by atoms with van der Waals surface area (Å²) >= 11 is 5.83. The molecule has 0 aliphatic carbocycles. The molecule has 0 saturated heterocycles. The standard InChI is InChI=1S/C14H15ClFNO5/c1-21-11(18)6-7-17(8-12(19)22-2)14(20)13-9(15)4-3-5-10(13)16/h3-5H,6-8H2,1-2H3. The molecule has 0 spiro atoms. The summed E-state index contributed by atoms with van der Waals surface area (Å²) in [5, 5.41) is -0.0852. The van der Waals surface area contributed by atoms with Crippen molar-refractivity contribution in [2.75, 3.05) is 27.3 Å². The Balaban J connectivity index is 3.00. The van der Waals surface area contributed by atoms with Gasteiger partial charge in [-0.1, -0.05) is 17.7 Å². The highest BCUT2D eigenvalue weighted by atomic mass is 35.5. The largest absolute Gasteiger partial charge is 0.469 e. The van der Waals surface area contributed by atoms with Crippen LogP contribution in [0.3, 0.4) is 0 Å². The summed E-state index contributed by atoms with van der Waals surface area (Å²) in [4.78, 5) is 35.9. The fourth-order valence-corrected chi connectivity index (χ4v) is 1.91. The molecule has 1 aromatic rings. The van der Waals surface area contributed by atoms with Crippen molar-refractivity contribution in [2.45, 2.75) is 6.42 Å². The molecule has 0 fully saturated rings. The van der Waals surface area contributed by atoms with E-state index in [-0.39, 0.29) is 23.6 Å². The van der Waals surface area contributed by atoms with Crippen molar-refractivity contribution in [1.82, 2.24) is 4.90 Å². The molecule has 6 nitrogen and oxygen atoms in total. The van der Waals surface area contributed by atoms with Gasteiger partial charge in [-0.15, -0.1) is 0 Å². The summed E-state index contributed by atoms with van der Waals surface area (Å²) in [5.74, 6) is -2.89. The van der Waals surface area contributed by atoms with E-state index in [2.05, 4.69) is 9.47 Å². The molecule has 0 radical (unpaired) electrons. The maximum absolute atomic E-state index is 13.8. The predicted molar refractivity (Wildman–Crippen MR) is 76.0 cm³/mol. The van der Waals surface area contributed by atoms with Gasteiger partial charge >= 0.3 is 11.9 Å². The number of methoxy groups -OCH3 is 2. The minimum absolute atomic E-state index is 0.0852. The van der Waals surface area contributed by atoms with Crippen molar-refractivity contribution in [3.8, 4) is 0 Å². The van der Waals surface area contributed by atoms with Gasteiger partial charge in [-0.05, 0) is 12.1 Å². The highest BCUT2D eigenvalue weighted by Gasteiger charge is 2.24. The molecule has 0 aromatic heterocycles. The lowest BCUT2D eigenvalue weighted by Gasteiger charge is -2.21. The monoisotopic (exact) mass is 331 g/mol. The first kappa shape index (κ1) is 17.9. The molecule has 0 bridgehead atoms. The second-order valence-electron chi connectivity index (χ2n) is 4.23. The number of carbonyl (C=O) groups is 3. The summed E-state index contributed by atoms with van der Waals surface area (Å²) in [7, 11) is 2.35. The zero-order valence-corrected chi connectivity index (χ0v) is 12.9. The van der Waals surface area contributed by atoms with Crippen LogP contribution in [-0.4, -0.2) is 50.1 Å². The molecule has 0 unspecified atom stereocenters. The van der Waals surface area contributed by atoms with Gasteiger partial charge in [0.05, 0.1) is 31.2 Å². The van der Waals surface area contributed by atoms with Crippen molar-refractivity contribution >= 4 is 29.4 Å². The van der Waals surface area contributed by atoms with Crippen LogP contribution in [0.2, 0.25) is 5.02 Å². The van der Waals surface area contributed by atoms with Gasteiger partial charge in [-0.2, -0.15) is 0 Å². The SMILES string of the molecule is COC(=O)CCN(CC(=O)OC)C(=O)c1c(F)cccc1Cl. The molecule has 120 valence electrons. The van der Waals surface area contributed by atoms with Crippen LogP contribution in [0.4, 0.5) is 4.39 Å². The summed E-state index contributed by atoms with van der Waals surface area (Å²) in [6, 6.07) is 3.79. The Morgan fingerprint density at radius 3 is 2.36 bits per heavy atom. The van der Waals surface area contributed by atoms with E-state index in [0.717, 1.165) is 18.1 Å². The zero-order chi connectivity index (χ0) is 16.7. The number of esters is 2. The van der Waals surface area contributed by atoms with Gasteiger partial charge in [0.2, 0.25) is 0 Å². The molecule has 0 heterocycles. The number of ether oxygens (including phenoxy) is 2. The maximum atomic E-state index is 13.8. The topological polar surface area (TPSA) is 72.9 Å². The van der Waals surface area contributed by atoms with Crippen molar-refractivity contribution in [1.29, 1.82) is 0 Å². The van der Waals surface area contributed by atoms with E-state index >= 15 is 0 Å². The van der Waals surface area contributed by atoms with E-state index in [1.165, 1.54) is 19.2 Å². The molecule has 1 rings (SSSR count). The fourth-order valence-electron chi connectivity index (χ4n) is 1.66. The van der Waals surface area contributed by atoms with Gasteiger partial charge in [-0.3, -0.25) is 14.4 Å². The van der Waals surface area contributed by atoms with Gasteiger partial charge in [0.25, 0.3) is 5.91 Å². The minimum Gasteiger partial charge on any atom is -0.469 e. The zero-order valence-electron chi connectivity index (χ0n) is 12.1. The predicted octanol–water partition coefficient (Wildman–Crippen LogP) is 1.66. The van der Waals surface area contributed by atoms with Crippen molar-refractivity contribution in [3.05, 3.63) is 34.6 Å². The highest BCUT2D eigenvalue weighted by Crippen LogP contribution is 2.21. The number of amides is 1. The smallest absolute Gasteiger partial charge is 0.325 e. The molecular weight excluding hydrogens is 317 g/mol. The van der Waals surface area contributed by atoms with E-state index in [1.54, 1.807) is 0 Å². The number of hydrogen-bond acceptors (Lipinski definition) is 5.